The van der Waals surface area contributed by atoms with Crippen molar-refractivity contribution in [2.45, 2.75) is 32.3 Å². The number of aromatic nitrogens is 1. The third-order valence-corrected chi connectivity index (χ3v) is 2.85. The molecule has 2 rings (SSSR count). The number of hydrogen-bond acceptors (Lipinski definition) is 4. The lowest BCUT2D eigenvalue weighted by Gasteiger charge is -2.25. The van der Waals surface area contributed by atoms with Gasteiger partial charge in [0, 0.05) is 13.0 Å². The number of rotatable bonds is 4. The van der Waals surface area contributed by atoms with Crippen molar-refractivity contribution in [2.24, 2.45) is 0 Å². The first kappa shape index (κ1) is 10.6. The Kier molecular flexibility index (Phi) is 3.75. The van der Waals surface area contributed by atoms with Crippen molar-refractivity contribution in [2.75, 3.05) is 19.6 Å². The van der Waals surface area contributed by atoms with E-state index < -0.39 is 0 Å². The zero-order valence-electron chi connectivity index (χ0n) is 8.98. The van der Waals surface area contributed by atoms with Crippen molar-refractivity contribution in [1.82, 2.24) is 9.88 Å². The average molecular weight is 210 g/mol. The van der Waals surface area contributed by atoms with Crippen molar-refractivity contribution >= 4 is 0 Å². The lowest BCUT2D eigenvalue weighted by molar-refractivity contribution is 0.219. The summed E-state index contributed by atoms with van der Waals surface area (Å²) >= 11 is 0. The molecule has 1 N–H and O–H groups in total. The maximum atomic E-state index is 8.82. The van der Waals surface area contributed by atoms with Gasteiger partial charge in [-0.3, -0.25) is 0 Å². The van der Waals surface area contributed by atoms with Crippen molar-refractivity contribution in [3.63, 3.8) is 0 Å². The van der Waals surface area contributed by atoms with Crippen molar-refractivity contribution in [3.05, 3.63) is 17.8 Å². The van der Waals surface area contributed by atoms with Crippen LogP contribution >= 0.6 is 0 Å². The van der Waals surface area contributed by atoms with E-state index in [0.29, 0.717) is 5.76 Å². The first-order chi connectivity index (χ1) is 7.38. The number of aliphatic hydroxyl groups is 1. The van der Waals surface area contributed by atoms with E-state index in [1.807, 2.05) is 0 Å². The first-order valence-electron chi connectivity index (χ1n) is 5.65. The molecule has 4 nitrogen and oxygen atoms in total. The highest BCUT2D eigenvalue weighted by Gasteiger charge is 2.11. The van der Waals surface area contributed by atoms with Crippen LogP contribution in [-0.2, 0) is 13.0 Å². The van der Waals surface area contributed by atoms with Crippen molar-refractivity contribution in [1.29, 1.82) is 0 Å². The fraction of sp³-hybridized carbons (Fsp3) is 0.727. The average Bonchev–Trinajstić information content (AvgIpc) is 2.76. The van der Waals surface area contributed by atoms with Crippen molar-refractivity contribution < 1.29 is 9.52 Å². The third kappa shape index (κ3) is 3.04. The van der Waals surface area contributed by atoms with E-state index in [1.54, 1.807) is 6.20 Å². The summed E-state index contributed by atoms with van der Waals surface area (Å²) in [6.45, 7) is 3.36. The quantitative estimate of drug-likeness (QED) is 0.811. The normalized spacial score (nSPS) is 18.2. The number of piperidine rings is 1. The van der Waals surface area contributed by atoms with Gasteiger partial charge < -0.3 is 14.4 Å². The maximum Gasteiger partial charge on any atom is 0.195 e. The largest absolute Gasteiger partial charge is 0.443 e. The molecular weight excluding hydrogens is 192 g/mol. The smallest absolute Gasteiger partial charge is 0.195 e. The van der Waals surface area contributed by atoms with E-state index >= 15 is 0 Å². The van der Waals surface area contributed by atoms with Crippen LogP contribution < -0.4 is 0 Å². The van der Waals surface area contributed by atoms with Crippen LogP contribution in [0.1, 0.15) is 30.9 Å². The lowest BCUT2D eigenvalue weighted by atomic mass is 10.1. The van der Waals surface area contributed by atoms with Crippen LogP contribution in [-0.4, -0.2) is 34.6 Å². The van der Waals surface area contributed by atoms with Crippen LogP contribution in [0.25, 0.3) is 0 Å². The Morgan fingerprint density at radius 3 is 2.80 bits per heavy atom. The second kappa shape index (κ2) is 5.28. The van der Waals surface area contributed by atoms with Gasteiger partial charge in [-0.15, -0.1) is 0 Å². The standard InChI is InChI=1S/C11H18N2O2/c14-9-10-8-12-11(15-10)4-7-13-5-2-1-3-6-13/h8,14H,1-7,9H2. The Hall–Kier alpha value is -0.870. The van der Waals surface area contributed by atoms with Gasteiger partial charge in [-0.1, -0.05) is 6.42 Å². The summed E-state index contributed by atoms with van der Waals surface area (Å²) in [5.74, 6) is 1.30. The minimum Gasteiger partial charge on any atom is -0.443 e. The third-order valence-electron chi connectivity index (χ3n) is 2.85. The van der Waals surface area contributed by atoms with Crippen molar-refractivity contribution in [3.8, 4) is 0 Å². The van der Waals surface area contributed by atoms with Gasteiger partial charge in [0.05, 0.1) is 6.20 Å². The van der Waals surface area contributed by atoms with Crippen LogP contribution in [0.2, 0.25) is 0 Å². The molecule has 0 amide bonds. The summed E-state index contributed by atoms with van der Waals surface area (Å²) in [5, 5.41) is 8.82. The molecule has 2 heterocycles. The Morgan fingerprint density at radius 2 is 2.13 bits per heavy atom. The Balaban J connectivity index is 1.76. The van der Waals surface area contributed by atoms with E-state index in [0.717, 1.165) is 18.9 Å². The Morgan fingerprint density at radius 1 is 1.33 bits per heavy atom. The fourth-order valence-corrected chi connectivity index (χ4v) is 1.97. The van der Waals surface area contributed by atoms with Crippen LogP contribution in [0.4, 0.5) is 0 Å². The maximum absolute atomic E-state index is 8.82. The summed E-state index contributed by atoms with van der Waals surface area (Å²) in [7, 11) is 0. The SMILES string of the molecule is OCc1cnc(CCN2CCCCC2)o1. The summed E-state index contributed by atoms with van der Waals surface area (Å²) in [6, 6.07) is 0. The van der Waals surface area contributed by atoms with Crippen LogP contribution in [0.5, 0.6) is 0 Å². The lowest BCUT2D eigenvalue weighted by Crippen LogP contribution is -2.31. The molecule has 0 bridgehead atoms. The molecule has 4 heteroatoms. The number of likely N-dealkylation sites (tertiary alicyclic amines) is 1. The summed E-state index contributed by atoms with van der Waals surface area (Å²) < 4.78 is 5.34. The van der Waals surface area contributed by atoms with Gasteiger partial charge in [-0.25, -0.2) is 4.98 Å². The highest BCUT2D eigenvalue weighted by Crippen LogP contribution is 2.10. The minimum absolute atomic E-state index is 0.0588. The van der Waals surface area contributed by atoms with Gasteiger partial charge in [-0.2, -0.15) is 0 Å². The Bertz CT molecular complexity index is 293. The topological polar surface area (TPSA) is 49.5 Å². The predicted octanol–water partition coefficient (Wildman–Crippen LogP) is 1.20. The summed E-state index contributed by atoms with van der Waals surface area (Å²) in [4.78, 5) is 6.57. The van der Waals surface area contributed by atoms with Gasteiger partial charge in [0.1, 0.15) is 12.4 Å². The highest BCUT2D eigenvalue weighted by molar-refractivity contribution is 4.92. The van der Waals surface area contributed by atoms with Gasteiger partial charge in [0.15, 0.2) is 5.89 Å². The fourth-order valence-electron chi connectivity index (χ4n) is 1.97. The molecule has 1 fully saturated rings. The molecule has 0 aromatic carbocycles. The molecule has 0 aliphatic carbocycles. The molecule has 84 valence electrons. The van der Waals surface area contributed by atoms with Gasteiger partial charge >= 0.3 is 0 Å². The molecule has 0 unspecified atom stereocenters. The van der Waals surface area contributed by atoms with Gasteiger partial charge in [0.25, 0.3) is 0 Å². The zero-order valence-corrected chi connectivity index (χ0v) is 8.98. The molecule has 0 saturated carbocycles. The summed E-state index contributed by atoms with van der Waals surface area (Å²) in [6.07, 6.45) is 6.44. The van der Waals surface area contributed by atoms with Gasteiger partial charge in [0.2, 0.25) is 0 Å². The summed E-state index contributed by atoms with van der Waals surface area (Å²) in [5.41, 5.74) is 0. The van der Waals surface area contributed by atoms with E-state index in [1.165, 1.54) is 32.4 Å². The van der Waals surface area contributed by atoms with Gasteiger partial charge in [-0.05, 0) is 25.9 Å². The molecule has 1 aliphatic rings. The van der Waals surface area contributed by atoms with Crippen LogP contribution in [0.3, 0.4) is 0 Å². The number of hydrogen-bond donors (Lipinski definition) is 1. The number of nitrogens with zero attached hydrogens (tertiary/aromatic N) is 2. The molecule has 0 radical (unpaired) electrons. The molecule has 0 atom stereocenters. The van der Waals surface area contributed by atoms with E-state index in [2.05, 4.69) is 9.88 Å². The van der Waals surface area contributed by atoms with E-state index in [-0.39, 0.29) is 6.61 Å². The van der Waals surface area contributed by atoms with Crippen LogP contribution in [0, 0.1) is 0 Å². The monoisotopic (exact) mass is 210 g/mol. The molecule has 0 spiro atoms. The molecule has 1 saturated heterocycles. The second-order valence-corrected chi connectivity index (χ2v) is 4.03. The number of aliphatic hydroxyl groups excluding tert-OH is 1. The second-order valence-electron chi connectivity index (χ2n) is 4.03. The molecule has 1 aromatic rings. The Labute approximate surface area is 89.9 Å². The highest BCUT2D eigenvalue weighted by atomic mass is 16.4. The predicted molar refractivity (Wildman–Crippen MR) is 56.4 cm³/mol. The first-order valence-corrected chi connectivity index (χ1v) is 5.65. The molecule has 1 aromatic heterocycles. The number of oxazole rings is 1. The molecule has 15 heavy (non-hydrogen) atoms. The zero-order chi connectivity index (χ0) is 10.5. The van der Waals surface area contributed by atoms with Crippen LogP contribution in [0.15, 0.2) is 10.6 Å². The molecular formula is C11H18N2O2. The van der Waals surface area contributed by atoms with E-state index in [9.17, 15) is 0 Å². The molecule has 1 aliphatic heterocycles. The van der Waals surface area contributed by atoms with E-state index in [4.69, 9.17) is 9.52 Å². The minimum atomic E-state index is -0.0588.